The zero-order chi connectivity index (χ0) is 7.94. The van der Waals surface area contributed by atoms with Crippen LogP contribution >= 0.6 is 0 Å². The fourth-order valence-corrected chi connectivity index (χ4v) is 1.42. The number of nitrogens with two attached hydrogens (primary N) is 1. The normalized spacial score (nSPS) is 18.1. The third-order valence-corrected chi connectivity index (χ3v) is 2.06. The zero-order valence-electron chi connectivity index (χ0n) is 7.10. The van der Waals surface area contributed by atoms with Crippen LogP contribution in [0.3, 0.4) is 0 Å². The van der Waals surface area contributed by atoms with Crippen LogP contribution in [0.15, 0.2) is 11.6 Å². The Morgan fingerprint density at radius 2 is 2.36 bits per heavy atom. The molecular formula is C9H18N2. The molecule has 0 unspecified atom stereocenters. The van der Waals surface area contributed by atoms with Gasteiger partial charge in [-0.15, -0.1) is 0 Å². The van der Waals surface area contributed by atoms with Gasteiger partial charge in [0.05, 0.1) is 0 Å². The molecule has 3 N–H and O–H groups in total. The molecule has 64 valence electrons. The topological polar surface area (TPSA) is 38.0 Å². The predicted octanol–water partition coefficient (Wildman–Crippen LogP) is 1.04. The Hall–Kier alpha value is -0.340. The molecule has 11 heavy (non-hydrogen) atoms. The SMILES string of the molecule is NCCNCC1=CCCCC1. The van der Waals surface area contributed by atoms with E-state index in [1.807, 2.05) is 0 Å². The summed E-state index contributed by atoms with van der Waals surface area (Å²) in [5.74, 6) is 0. The Morgan fingerprint density at radius 3 is 3.00 bits per heavy atom. The van der Waals surface area contributed by atoms with Crippen molar-refractivity contribution in [2.45, 2.75) is 25.7 Å². The average Bonchev–Trinajstić information content (AvgIpc) is 2.07. The van der Waals surface area contributed by atoms with Gasteiger partial charge in [-0.3, -0.25) is 0 Å². The first kappa shape index (κ1) is 8.75. The van der Waals surface area contributed by atoms with Gasteiger partial charge in [0.2, 0.25) is 0 Å². The van der Waals surface area contributed by atoms with E-state index in [1.54, 1.807) is 5.57 Å². The van der Waals surface area contributed by atoms with Crippen LogP contribution in [0.5, 0.6) is 0 Å². The standard InChI is InChI=1S/C9H18N2/c10-6-7-11-8-9-4-2-1-3-5-9/h4,11H,1-3,5-8,10H2. The first-order valence-corrected chi connectivity index (χ1v) is 4.52. The molecule has 0 radical (unpaired) electrons. The van der Waals surface area contributed by atoms with Crippen molar-refractivity contribution in [1.82, 2.24) is 5.32 Å². The average molecular weight is 154 g/mol. The van der Waals surface area contributed by atoms with E-state index in [0.29, 0.717) is 0 Å². The highest BCUT2D eigenvalue weighted by Gasteiger charge is 2.01. The molecule has 1 aliphatic rings. The number of allylic oxidation sites excluding steroid dienone is 1. The van der Waals surface area contributed by atoms with Gasteiger partial charge in [0, 0.05) is 19.6 Å². The van der Waals surface area contributed by atoms with Crippen LogP contribution in [0, 0.1) is 0 Å². The number of nitrogens with one attached hydrogen (secondary N) is 1. The molecular weight excluding hydrogens is 136 g/mol. The van der Waals surface area contributed by atoms with Crippen molar-refractivity contribution in [3.8, 4) is 0 Å². The number of rotatable bonds is 4. The van der Waals surface area contributed by atoms with Gasteiger partial charge >= 0.3 is 0 Å². The maximum Gasteiger partial charge on any atom is 0.0165 e. The van der Waals surface area contributed by atoms with E-state index in [1.165, 1.54) is 25.7 Å². The van der Waals surface area contributed by atoms with Crippen molar-refractivity contribution in [3.05, 3.63) is 11.6 Å². The molecule has 0 aromatic rings. The van der Waals surface area contributed by atoms with E-state index in [2.05, 4.69) is 11.4 Å². The van der Waals surface area contributed by atoms with E-state index in [0.717, 1.165) is 19.6 Å². The molecule has 0 amide bonds. The Kier molecular flexibility index (Phi) is 4.24. The monoisotopic (exact) mass is 154 g/mol. The largest absolute Gasteiger partial charge is 0.329 e. The number of hydrogen-bond acceptors (Lipinski definition) is 2. The van der Waals surface area contributed by atoms with Crippen molar-refractivity contribution < 1.29 is 0 Å². The summed E-state index contributed by atoms with van der Waals surface area (Å²) < 4.78 is 0. The molecule has 0 saturated heterocycles. The number of hydrogen-bond donors (Lipinski definition) is 2. The smallest absolute Gasteiger partial charge is 0.0165 e. The third-order valence-electron chi connectivity index (χ3n) is 2.06. The zero-order valence-corrected chi connectivity index (χ0v) is 7.10. The van der Waals surface area contributed by atoms with Crippen molar-refractivity contribution >= 4 is 0 Å². The first-order valence-electron chi connectivity index (χ1n) is 4.52. The van der Waals surface area contributed by atoms with Crippen molar-refractivity contribution in [3.63, 3.8) is 0 Å². The van der Waals surface area contributed by atoms with E-state index in [-0.39, 0.29) is 0 Å². The maximum atomic E-state index is 5.36. The summed E-state index contributed by atoms with van der Waals surface area (Å²) in [7, 11) is 0. The van der Waals surface area contributed by atoms with Gasteiger partial charge in [0.25, 0.3) is 0 Å². The van der Waals surface area contributed by atoms with Crippen LogP contribution in [0.4, 0.5) is 0 Å². The molecule has 2 nitrogen and oxygen atoms in total. The van der Waals surface area contributed by atoms with Crippen molar-refractivity contribution in [2.24, 2.45) is 5.73 Å². The van der Waals surface area contributed by atoms with Crippen LogP contribution in [-0.4, -0.2) is 19.6 Å². The highest BCUT2D eigenvalue weighted by atomic mass is 14.9. The van der Waals surface area contributed by atoms with Gasteiger partial charge in [0.1, 0.15) is 0 Å². The fraction of sp³-hybridized carbons (Fsp3) is 0.778. The second-order valence-corrected chi connectivity index (χ2v) is 3.07. The summed E-state index contributed by atoms with van der Waals surface area (Å²) in [4.78, 5) is 0. The van der Waals surface area contributed by atoms with Gasteiger partial charge in [-0.1, -0.05) is 11.6 Å². The minimum atomic E-state index is 0.743. The molecule has 0 fully saturated rings. The molecule has 1 aliphatic carbocycles. The molecule has 0 bridgehead atoms. The lowest BCUT2D eigenvalue weighted by atomic mass is 10.00. The highest BCUT2D eigenvalue weighted by molar-refractivity contribution is 5.06. The summed E-state index contributed by atoms with van der Waals surface area (Å²) in [5.41, 5.74) is 6.94. The summed E-state index contributed by atoms with van der Waals surface area (Å²) >= 11 is 0. The summed E-state index contributed by atoms with van der Waals surface area (Å²) in [5, 5.41) is 3.31. The first-order chi connectivity index (χ1) is 5.43. The maximum absolute atomic E-state index is 5.36. The van der Waals surface area contributed by atoms with Crippen LogP contribution in [-0.2, 0) is 0 Å². The van der Waals surface area contributed by atoms with Gasteiger partial charge in [-0.25, -0.2) is 0 Å². The fourth-order valence-electron chi connectivity index (χ4n) is 1.42. The van der Waals surface area contributed by atoms with Gasteiger partial charge in [-0.2, -0.15) is 0 Å². The minimum absolute atomic E-state index is 0.743. The van der Waals surface area contributed by atoms with E-state index < -0.39 is 0 Å². The van der Waals surface area contributed by atoms with E-state index in [9.17, 15) is 0 Å². The predicted molar refractivity (Wildman–Crippen MR) is 48.5 cm³/mol. The van der Waals surface area contributed by atoms with Gasteiger partial charge < -0.3 is 11.1 Å². The molecule has 0 aromatic heterocycles. The molecule has 0 atom stereocenters. The van der Waals surface area contributed by atoms with E-state index in [4.69, 9.17) is 5.73 Å². The van der Waals surface area contributed by atoms with Gasteiger partial charge in [0.15, 0.2) is 0 Å². The lowest BCUT2D eigenvalue weighted by Gasteiger charge is -2.12. The van der Waals surface area contributed by atoms with Crippen LogP contribution in [0.25, 0.3) is 0 Å². The second kappa shape index (κ2) is 5.33. The minimum Gasteiger partial charge on any atom is -0.329 e. The van der Waals surface area contributed by atoms with E-state index >= 15 is 0 Å². The lowest BCUT2D eigenvalue weighted by Crippen LogP contribution is -2.24. The molecule has 0 saturated carbocycles. The summed E-state index contributed by atoms with van der Waals surface area (Å²) in [6, 6.07) is 0. The molecule has 0 spiro atoms. The summed E-state index contributed by atoms with van der Waals surface area (Å²) in [6.07, 6.45) is 7.68. The Bertz CT molecular complexity index is 130. The second-order valence-electron chi connectivity index (χ2n) is 3.07. The molecule has 2 heteroatoms. The Morgan fingerprint density at radius 1 is 1.45 bits per heavy atom. The lowest BCUT2D eigenvalue weighted by molar-refractivity contribution is 0.650. The molecule has 1 rings (SSSR count). The van der Waals surface area contributed by atoms with Gasteiger partial charge in [-0.05, 0) is 25.7 Å². The molecule has 0 aliphatic heterocycles. The van der Waals surface area contributed by atoms with Crippen LogP contribution in [0.1, 0.15) is 25.7 Å². The van der Waals surface area contributed by atoms with Crippen molar-refractivity contribution in [1.29, 1.82) is 0 Å². The Balaban J connectivity index is 2.09. The van der Waals surface area contributed by atoms with Crippen molar-refractivity contribution in [2.75, 3.05) is 19.6 Å². The quantitative estimate of drug-likeness (QED) is 0.469. The molecule has 0 aromatic carbocycles. The van der Waals surface area contributed by atoms with Crippen LogP contribution in [0.2, 0.25) is 0 Å². The Labute approximate surface area is 68.9 Å². The molecule has 0 heterocycles. The summed E-state index contributed by atoms with van der Waals surface area (Å²) in [6.45, 7) is 2.74. The highest BCUT2D eigenvalue weighted by Crippen LogP contribution is 2.15. The van der Waals surface area contributed by atoms with Crippen LogP contribution < -0.4 is 11.1 Å². The third kappa shape index (κ3) is 3.54.